The number of rotatable bonds is 2. The highest BCUT2D eigenvalue weighted by molar-refractivity contribution is 7.99. The van der Waals surface area contributed by atoms with Crippen LogP contribution in [0.1, 0.15) is 31.7 Å². The van der Waals surface area contributed by atoms with Crippen LogP contribution in [0.3, 0.4) is 0 Å². The van der Waals surface area contributed by atoms with Gasteiger partial charge in [0.25, 0.3) is 0 Å². The highest BCUT2D eigenvalue weighted by atomic mass is 32.2. The molecule has 1 N–H and O–H groups in total. The number of thioether (sulfide) groups is 1. The molecule has 0 aliphatic carbocycles. The summed E-state index contributed by atoms with van der Waals surface area (Å²) >= 11 is 1.96. The van der Waals surface area contributed by atoms with Gasteiger partial charge in [0, 0.05) is 29.6 Å². The van der Waals surface area contributed by atoms with Gasteiger partial charge in [-0.25, -0.2) is 0 Å². The largest absolute Gasteiger partial charge is 0.296 e. The van der Waals surface area contributed by atoms with Crippen LogP contribution < -0.4 is 5.32 Å². The molecule has 78 valence electrons. The second-order valence-electron chi connectivity index (χ2n) is 4.35. The molecule has 1 atom stereocenters. The van der Waals surface area contributed by atoms with Gasteiger partial charge in [0.1, 0.15) is 0 Å². The van der Waals surface area contributed by atoms with Gasteiger partial charge in [-0.05, 0) is 20.8 Å². The molecule has 2 heterocycles. The van der Waals surface area contributed by atoms with E-state index in [0.29, 0.717) is 5.37 Å². The second kappa shape index (κ2) is 3.59. The molecule has 0 saturated carbocycles. The fraction of sp³-hybridized carbons (Fsp3) is 0.700. The highest BCUT2D eigenvalue weighted by Gasteiger charge is 2.31. The summed E-state index contributed by atoms with van der Waals surface area (Å²) in [6.07, 6.45) is 4.10. The summed E-state index contributed by atoms with van der Waals surface area (Å²) in [7, 11) is 0. The van der Waals surface area contributed by atoms with Gasteiger partial charge in [-0.2, -0.15) is 5.10 Å². The summed E-state index contributed by atoms with van der Waals surface area (Å²) in [5, 5.41) is 8.31. The minimum atomic E-state index is 0.254. The van der Waals surface area contributed by atoms with Crippen molar-refractivity contribution in [2.45, 2.75) is 38.2 Å². The molecule has 1 aromatic heterocycles. The number of aryl methyl sites for hydroxylation is 1. The lowest BCUT2D eigenvalue weighted by atomic mass is 10.1. The molecule has 1 aliphatic heterocycles. The van der Waals surface area contributed by atoms with Crippen LogP contribution in [0.2, 0.25) is 0 Å². The third-order valence-corrected chi connectivity index (χ3v) is 4.02. The van der Waals surface area contributed by atoms with E-state index >= 15 is 0 Å². The van der Waals surface area contributed by atoms with Crippen LogP contribution in [-0.4, -0.2) is 21.1 Å². The van der Waals surface area contributed by atoms with E-state index in [1.165, 1.54) is 5.56 Å². The van der Waals surface area contributed by atoms with Crippen molar-refractivity contribution in [3.63, 3.8) is 0 Å². The third kappa shape index (κ3) is 1.96. The average molecular weight is 211 g/mol. The molecule has 1 fully saturated rings. The highest BCUT2D eigenvalue weighted by Crippen LogP contribution is 2.36. The van der Waals surface area contributed by atoms with E-state index in [1.54, 1.807) is 0 Å². The Hall–Kier alpha value is -0.480. The van der Waals surface area contributed by atoms with E-state index < -0.39 is 0 Å². The van der Waals surface area contributed by atoms with E-state index in [2.05, 4.69) is 37.4 Å². The minimum Gasteiger partial charge on any atom is -0.296 e. The molecule has 0 spiro atoms. The van der Waals surface area contributed by atoms with Gasteiger partial charge in [0.15, 0.2) is 0 Å². The monoisotopic (exact) mass is 211 g/mol. The summed E-state index contributed by atoms with van der Waals surface area (Å²) in [4.78, 5) is 0. The zero-order valence-electron chi connectivity index (χ0n) is 8.95. The van der Waals surface area contributed by atoms with Crippen molar-refractivity contribution in [3.8, 4) is 0 Å². The molecular weight excluding hydrogens is 194 g/mol. The predicted octanol–water partition coefficient (Wildman–Crippen LogP) is 2.02. The Labute approximate surface area is 89.3 Å². The van der Waals surface area contributed by atoms with Crippen molar-refractivity contribution in [2.75, 3.05) is 5.75 Å². The molecular formula is C10H17N3S. The van der Waals surface area contributed by atoms with Crippen molar-refractivity contribution < 1.29 is 0 Å². The van der Waals surface area contributed by atoms with Crippen LogP contribution in [-0.2, 0) is 6.54 Å². The number of nitrogens with one attached hydrogen (secondary N) is 1. The zero-order valence-corrected chi connectivity index (χ0v) is 9.77. The Morgan fingerprint density at radius 1 is 1.71 bits per heavy atom. The van der Waals surface area contributed by atoms with Crippen LogP contribution in [0.4, 0.5) is 0 Å². The van der Waals surface area contributed by atoms with Crippen LogP contribution in [0.5, 0.6) is 0 Å². The molecule has 0 bridgehead atoms. The number of hydrogen-bond acceptors (Lipinski definition) is 3. The first-order valence-electron chi connectivity index (χ1n) is 5.02. The molecule has 4 heteroatoms. The van der Waals surface area contributed by atoms with E-state index in [-0.39, 0.29) is 5.54 Å². The SMILES string of the molecule is CCn1cc(C2NC(C)(C)CS2)cn1. The van der Waals surface area contributed by atoms with Crippen molar-refractivity contribution in [2.24, 2.45) is 0 Å². The smallest absolute Gasteiger partial charge is 0.0825 e. The molecule has 2 rings (SSSR count). The first-order valence-corrected chi connectivity index (χ1v) is 6.07. The van der Waals surface area contributed by atoms with Crippen molar-refractivity contribution in [3.05, 3.63) is 18.0 Å². The summed E-state index contributed by atoms with van der Waals surface area (Å²) in [6, 6.07) is 0. The summed E-state index contributed by atoms with van der Waals surface area (Å²) in [5.74, 6) is 1.16. The van der Waals surface area contributed by atoms with Crippen LogP contribution in [0, 0.1) is 0 Å². The molecule has 0 aromatic carbocycles. The molecule has 0 amide bonds. The zero-order chi connectivity index (χ0) is 10.2. The fourth-order valence-electron chi connectivity index (χ4n) is 1.60. The maximum absolute atomic E-state index is 4.29. The third-order valence-electron chi connectivity index (χ3n) is 2.41. The van der Waals surface area contributed by atoms with E-state index in [9.17, 15) is 0 Å². The Balaban J connectivity index is 2.09. The topological polar surface area (TPSA) is 29.9 Å². The summed E-state index contributed by atoms with van der Waals surface area (Å²) in [6.45, 7) is 7.53. The molecule has 1 unspecified atom stereocenters. The summed E-state index contributed by atoms with van der Waals surface area (Å²) in [5.41, 5.74) is 1.55. The lowest BCUT2D eigenvalue weighted by Crippen LogP contribution is -2.35. The van der Waals surface area contributed by atoms with Crippen LogP contribution in [0.15, 0.2) is 12.4 Å². The van der Waals surface area contributed by atoms with Gasteiger partial charge in [-0.15, -0.1) is 11.8 Å². The van der Waals surface area contributed by atoms with Crippen LogP contribution >= 0.6 is 11.8 Å². The Bertz CT molecular complexity index is 319. The first kappa shape index (κ1) is 10.1. The van der Waals surface area contributed by atoms with Gasteiger partial charge < -0.3 is 0 Å². The fourth-order valence-corrected chi connectivity index (χ4v) is 2.98. The average Bonchev–Trinajstić information content (AvgIpc) is 2.70. The number of nitrogens with zero attached hydrogens (tertiary/aromatic N) is 2. The van der Waals surface area contributed by atoms with Gasteiger partial charge in [-0.1, -0.05) is 0 Å². The lowest BCUT2D eigenvalue weighted by Gasteiger charge is -2.17. The molecule has 1 aromatic rings. The quantitative estimate of drug-likeness (QED) is 0.811. The van der Waals surface area contributed by atoms with Gasteiger partial charge in [0.05, 0.1) is 11.6 Å². The van der Waals surface area contributed by atoms with Crippen molar-refractivity contribution in [1.82, 2.24) is 15.1 Å². The molecule has 1 saturated heterocycles. The number of hydrogen-bond donors (Lipinski definition) is 1. The molecule has 0 radical (unpaired) electrons. The Morgan fingerprint density at radius 3 is 3.00 bits per heavy atom. The van der Waals surface area contributed by atoms with Gasteiger partial charge in [-0.3, -0.25) is 10.00 Å². The van der Waals surface area contributed by atoms with Gasteiger partial charge >= 0.3 is 0 Å². The molecule has 14 heavy (non-hydrogen) atoms. The Morgan fingerprint density at radius 2 is 2.50 bits per heavy atom. The van der Waals surface area contributed by atoms with E-state index in [4.69, 9.17) is 0 Å². The molecule has 3 nitrogen and oxygen atoms in total. The van der Waals surface area contributed by atoms with Crippen molar-refractivity contribution in [1.29, 1.82) is 0 Å². The van der Waals surface area contributed by atoms with E-state index in [1.807, 2.05) is 22.6 Å². The van der Waals surface area contributed by atoms with Crippen molar-refractivity contribution >= 4 is 11.8 Å². The maximum Gasteiger partial charge on any atom is 0.0825 e. The van der Waals surface area contributed by atoms with Gasteiger partial charge in [0.2, 0.25) is 0 Å². The van der Waals surface area contributed by atoms with E-state index in [0.717, 1.165) is 12.3 Å². The van der Waals surface area contributed by atoms with Crippen LogP contribution in [0.25, 0.3) is 0 Å². The lowest BCUT2D eigenvalue weighted by molar-refractivity contribution is 0.452. The normalized spacial score (nSPS) is 25.5. The maximum atomic E-state index is 4.29. The Kier molecular flexibility index (Phi) is 2.58. The second-order valence-corrected chi connectivity index (χ2v) is 5.44. The standard InChI is InChI=1S/C10H17N3S/c1-4-13-6-8(5-11-13)9-12-10(2,3)7-14-9/h5-6,9,12H,4,7H2,1-3H3. The summed E-state index contributed by atoms with van der Waals surface area (Å²) < 4.78 is 1.98. The minimum absolute atomic E-state index is 0.254. The first-order chi connectivity index (χ1) is 6.61. The predicted molar refractivity (Wildman–Crippen MR) is 60.3 cm³/mol. The number of aromatic nitrogens is 2. The molecule has 1 aliphatic rings.